The number of aromatic nitrogens is 3. The highest BCUT2D eigenvalue weighted by Crippen LogP contribution is 2.29. The summed E-state index contributed by atoms with van der Waals surface area (Å²) in [6.45, 7) is 1.82. The predicted molar refractivity (Wildman–Crippen MR) is 75.9 cm³/mol. The summed E-state index contributed by atoms with van der Waals surface area (Å²) in [5.41, 5.74) is 7.77. The summed E-state index contributed by atoms with van der Waals surface area (Å²) in [6, 6.07) is 12.0. The molecule has 0 aliphatic carbocycles. The first-order valence-corrected chi connectivity index (χ1v) is 6.20. The van der Waals surface area contributed by atoms with Crippen LogP contribution in [0.25, 0.3) is 17.1 Å². The maximum atomic E-state index is 13.9. The van der Waals surface area contributed by atoms with Crippen LogP contribution in [0.15, 0.2) is 48.7 Å². The molecule has 2 aromatic heterocycles. The van der Waals surface area contributed by atoms with Crippen molar-refractivity contribution in [1.82, 2.24) is 14.8 Å². The maximum Gasteiger partial charge on any atom is 0.155 e. The van der Waals surface area contributed by atoms with Crippen molar-refractivity contribution in [3.05, 3.63) is 60.0 Å². The number of anilines is 1. The molecule has 0 unspecified atom stereocenters. The molecule has 0 saturated carbocycles. The molecule has 1 aromatic carbocycles. The van der Waals surface area contributed by atoms with Gasteiger partial charge < -0.3 is 5.73 Å². The summed E-state index contributed by atoms with van der Waals surface area (Å²) in [5.74, 6) is 0.749. The Bertz CT molecular complexity index is 750. The van der Waals surface area contributed by atoms with Gasteiger partial charge in [-0.2, -0.15) is 9.78 Å². The summed E-state index contributed by atoms with van der Waals surface area (Å²) in [4.78, 5) is 4.21. The Balaban J connectivity index is 2.19. The first-order chi connectivity index (χ1) is 9.68. The first kappa shape index (κ1) is 12.3. The van der Waals surface area contributed by atoms with E-state index in [0.29, 0.717) is 22.9 Å². The van der Waals surface area contributed by atoms with Crippen molar-refractivity contribution in [2.45, 2.75) is 6.92 Å². The summed E-state index contributed by atoms with van der Waals surface area (Å²) in [5, 5.41) is 4.40. The average molecular weight is 268 g/mol. The summed E-state index contributed by atoms with van der Waals surface area (Å²) in [6.07, 6.45) is 1.66. The molecule has 3 rings (SSSR count). The Kier molecular flexibility index (Phi) is 2.95. The van der Waals surface area contributed by atoms with Crippen molar-refractivity contribution in [2.24, 2.45) is 0 Å². The Morgan fingerprint density at radius 2 is 1.85 bits per heavy atom. The predicted octanol–water partition coefficient (Wildman–Crippen LogP) is 2.96. The van der Waals surface area contributed by atoms with E-state index in [1.54, 1.807) is 30.5 Å². The normalized spacial score (nSPS) is 10.7. The molecule has 0 aliphatic heterocycles. The van der Waals surface area contributed by atoms with E-state index in [-0.39, 0.29) is 5.82 Å². The number of rotatable bonds is 2. The highest BCUT2D eigenvalue weighted by Gasteiger charge is 2.17. The highest BCUT2D eigenvalue weighted by atomic mass is 19.1. The number of pyridine rings is 1. The Morgan fingerprint density at radius 1 is 1.10 bits per heavy atom. The van der Waals surface area contributed by atoms with Crippen LogP contribution in [0, 0.1) is 12.7 Å². The lowest BCUT2D eigenvalue weighted by molar-refractivity contribution is 0.630. The van der Waals surface area contributed by atoms with Gasteiger partial charge in [0.1, 0.15) is 17.3 Å². The molecule has 0 fully saturated rings. The number of nitrogens with two attached hydrogens (primary N) is 1. The third-order valence-corrected chi connectivity index (χ3v) is 3.16. The number of halogens is 1. The van der Waals surface area contributed by atoms with Crippen LogP contribution < -0.4 is 5.73 Å². The van der Waals surface area contributed by atoms with Gasteiger partial charge in [0.15, 0.2) is 5.82 Å². The largest absolute Gasteiger partial charge is 0.383 e. The second-order valence-electron chi connectivity index (χ2n) is 4.44. The Hall–Kier alpha value is -2.69. The van der Waals surface area contributed by atoms with Crippen LogP contribution >= 0.6 is 0 Å². The van der Waals surface area contributed by atoms with E-state index in [2.05, 4.69) is 10.1 Å². The van der Waals surface area contributed by atoms with Crippen molar-refractivity contribution in [3.63, 3.8) is 0 Å². The van der Waals surface area contributed by atoms with Crippen LogP contribution in [-0.2, 0) is 0 Å². The average Bonchev–Trinajstić information content (AvgIpc) is 2.77. The van der Waals surface area contributed by atoms with E-state index in [4.69, 9.17) is 5.73 Å². The molecule has 0 saturated heterocycles. The molecule has 0 spiro atoms. The minimum Gasteiger partial charge on any atom is -0.383 e. The molecule has 0 aliphatic rings. The van der Waals surface area contributed by atoms with Crippen LogP contribution in [0.3, 0.4) is 0 Å². The molecule has 2 heterocycles. The summed E-state index contributed by atoms with van der Waals surface area (Å²) in [7, 11) is 0. The van der Waals surface area contributed by atoms with Gasteiger partial charge in [0.2, 0.25) is 0 Å². The standard InChI is InChI=1S/C15H13FN4/c1-10-14(11-6-2-3-7-12(11)16)19-20(15(10)17)13-8-4-5-9-18-13/h2-9H,17H2,1H3. The minimum atomic E-state index is -0.318. The molecule has 0 bridgehead atoms. The van der Waals surface area contributed by atoms with Crippen LogP contribution in [0.5, 0.6) is 0 Å². The van der Waals surface area contributed by atoms with Gasteiger partial charge in [0.05, 0.1) is 0 Å². The zero-order valence-corrected chi connectivity index (χ0v) is 10.9. The topological polar surface area (TPSA) is 56.7 Å². The van der Waals surface area contributed by atoms with Crippen LogP contribution in [-0.4, -0.2) is 14.8 Å². The van der Waals surface area contributed by atoms with Crippen molar-refractivity contribution < 1.29 is 4.39 Å². The molecule has 0 radical (unpaired) electrons. The maximum absolute atomic E-state index is 13.9. The molecule has 5 heteroatoms. The molecule has 4 nitrogen and oxygen atoms in total. The van der Waals surface area contributed by atoms with Gasteiger partial charge in [-0.1, -0.05) is 18.2 Å². The van der Waals surface area contributed by atoms with Crippen molar-refractivity contribution >= 4 is 5.82 Å². The number of nitrogen functional groups attached to an aromatic ring is 1. The van der Waals surface area contributed by atoms with Crippen molar-refractivity contribution in [2.75, 3.05) is 5.73 Å². The SMILES string of the molecule is Cc1c(-c2ccccc2F)nn(-c2ccccn2)c1N. The zero-order chi connectivity index (χ0) is 14.1. The molecule has 0 amide bonds. The van der Waals surface area contributed by atoms with Crippen LogP contribution in [0.4, 0.5) is 10.2 Å². The fraction of sp³-hybridized carbons (Fsp3) is 0.0667. The van der Waals surface area contributed by atoms with Gasteiger partial charge in [0, 0.05) is 17.3 Å². The molecule has 0 atom stereocenters. The molecular formula is C15H13FN4. The molecule has 100 valence electrons. The van der Waals surface area contributed by atoms with Crippen molar-refractivity contribution in [1.29, 1.82) is 0 Å². The summed E-state index contributed by atoms with van der Waals surface area (Å²) < 4.78 is 15.4. The van der Waals surface area contributed by atoms with E-state index in [1.165, 1.54) is 10.7 Å². The molecule has 2 N–H and O–H groups in total. The van der Waals surface area contributed by atoms with Gasteiger partial charge in [-0.3, -0.25) is 0 Å². The number of hydrogen-bond donors (Lipinski definition) is 1. The van der Waals surface area contributed by atoms with E-state index in [9.17, 15) is 4.39 Å². The molecule has 3 aromatic rings. The van der Waals surface area contributed by atoms with Gasteiger partial charge in [-0.15, -0.1) is 0 Å². The van der Waals surface area contributed by atoms with Gasteiger partial charge in [-0.05, 0) is 31.2 Å². The van der Waals surface area contributed by atoms with E-state index >= 15 is 0 Å². The second-order valence-corrected chi connectivity index (χ2v) is 4.44. The lowest BCUT2D eigenvalue weighted by Crippen LogP contribution is -2.03. The van der Waals surface area contributed by atoms with Crippen LogP contribution in [0.2, 0.25) is 0 Å². The third-order valence-electron chi connectivity index (χ3n) is 3.16. The first-order valence-electron chi connectivity index (χ1n) is 6.20. The minimum absolute atomic E-state index is 0.318. The van der Waals surface area contributed by atoms with Gasteiger partial charge in [0.25, 0.3) is 0 Å². The third kappa shape index (κ3) is 1.93. The second kappa shape index (κ2) is 4.77. The highest BCUT2D eigenvalue weighted by molar-refractivity contribution is 5.69. The van der Waals surface area contributed by atoms with Gasteiger partial charge >= 0.3 is 0 Å². The van der Waals surface area contributed by atoms with Gasteiger partial charge in [-0.25, -0.2) is 9.37 Å². The smallest absolute Gasteiger partial charge is 0.155 e. The lowest BCUT2D eigenvalue weighted by Gasteiger charge is -2.01. The fourth-order valence-electron chi connectivity index (χ4n) is 2.07. The van der Waals surface area contributed by atoms with E-state index < -0.39 is 0 Å². The number of hydrogen-bond acceptors (Lipinski definition) is 3. The molecular weight excluding hydrogens is 255 g/mol. The number of nitrogens with zero attached hydrogens (tertiary/aromatic N) is 3. The van der Waals surface area contributed by atoms with Crippen LogP contribution in [0.1, 0.15) is 5.56 Å². The van der Waals surface area contributed by atoms with E-state index in [0.717, 1.165) is 5.56 Å². The monoisotopic (exact) mass is 268 g/mol. The summed E-state index contributed by atoms with van der Waals surface area (Å²) >= 11 is 0. The Morgan fingerprint density at radius 3 is 2.55 bits per heavy atom. The van der Waals surface area contributed by atoms with E-state index in [1.807, 2.05) is 19.1 Å². The Labute approximate surface area is 115 Å². The fourth-order valence-corrected chi connectivity index (χ4v) is 2.07. The number of benzene rings is 1. The quantitative estimate of drug-likeness (QED) is 0.777. The zero-order valence-electron chi connectivity index (χ0n) is 10.9. The lowest BCUT2D eigenvalue weighted by atomic mass is 10.1. The van der Waals surface area contributed by atoms with Crippen molar-refractivity contribution in [3.8, 4) is 17.1 Å². The molecule has 20 heavy (non-hydrogen) atoms.